The zero-order valence-corrected chi connectivity index (χ0v) is 15.7. The molecule has 8 heteroatoms. The Morgan fingerprint density at radius 3 is 2.78 bits per heavy atom. The van der Waals surface area contributed by atoms with Crippen molar-refractivity contribution in [2.24, 2.45) is 0 Å². The number of sulfonamides is 1. The van der Waals surface area contributed by atoms with Crippen molar-refractivity contribution in [3.05, 3.63) is 65.1 Å². The highest BCUT2D eigenvalue weighted by Crippen LogP contribution is 2.21. The molecule has 0 aliphatic heterocycles. The third-order valence-electron chi connectivity index (χ3n) is 4.39. The number of H-pyrrole nitrogens is 1. The topological polar surface area (TPSA) is 88.3 Å². The molecule has 0 fully saturated rings. The van der Waals surface area contributed by atoms with Crippen LogP contribution in [0.3, 0.4) is 0 Å². The third-order valence-corrected chi connectivity index (χ3v) is 6.00. The maximum atomic E-state index is 13.4. The molecular formula is C19H19FN2O4S. The standard InChI is InChI=1S/C19H19FN2O4S/c1-12-15(19(23)26-2)4-3-5-18(12)27(24,25)22-9-8-13-11-21-17-7-6-14(20)10-16(13)17/h3-7,10-11,21-22H,8-9H2,1-2H3. The van der Waals surface area contributed by atoms with Gasteiger partial charge in [-0.15, -0.1) is 0 Å². The summed E-state index contributed by atoms with van der Waals surface area (Å²) in [5.41, 5.74) is 2.13. The minimum absolute atomic E-state index is 0.0235. The number of hydrogen-bond acceptors (Lipinski definition) is 4. The molecule has 0 radical (unpaired) electrons. The predicted molar refractivity (Wildman–Crippen MR) is 99.7 cm³/mol. The molecule has 0 spiro atoms. The molecule has 1 aromatic heterocycles. The largest absolute Gasteiger partial charge is 0.465 e. The Balaban J connectivity index is 1.77. The molecule has 27 heavy (non-hydrogen) atoms. The molecule has 2 N–H and O–H groups in total. The van der Waals surface area contributed by atoms with Gasteiger partial charge in [-0.2, -0.15) is 0 Å². The van der Waals surface area contributed by atoms with Gasteiger partial charge in [-0.1, -0.05) is 6.07 Å². The average Bonchev–Trinajstić information content (AvgIpc) is 3.03. The highest BCUT2D eigenvalue weighted by Gasteiger charge is 2.21. The molecule has 1 heterocycles. The smallest absolute Gasteiger partial charge is 0.338 e. The molecule has 2 aromatic carbocycles. The quantitative estimate of drug-likeness (QED) is 0.634. The predicted octanol–water partition coefficient (Wildman–Crippen LogP) is 2.92. The summed E-state index contributed by atoms with van der Waals surface area (Å²) in [7, 11) is -2.57. The number of carbonyl (C=O) groups excluding carboxylic acids is 1. The second-order valence-corrected chi connectivity index (χ2v) is 7.81. The van der Waals surface area contributed by atoms with E-state index in [1.807, 2.05) is 0 Å². The Morgan fingerprint density at radius 1 is 1.26 bits per heavy atom. The maximum Gasteiger partial charge on any atom is 0.338 e. The monoisotopic (exact) mass is 390 g/mol. The number of aromatic nitrogens is 1. The molecule has 0 atom stereocenters. The summed E-state index contributed by atoms with van der Waals surface area (Å²) in [5.74, 6) is -0.940. The molecule has 0 saturated carbocycles. The highest BCUT2D eigenvalue weighted by molar-refractivity contribution is 7.89. The van der Waals surface area contributed by atoms with Crippen molar-refractivity contribution < 1.29 is 22.3 Å². The fourth-order valence-corrected chi connectivity index (χ4v) is 4.29. The number of aromatic amines is 1. The first-order chi connectivity index (χ1) is 12.8. The van der Waals surface area contributed by atoms with E-state index in [-0.39, 0.29) is 22.8 Å². The number of carbonyl (C=O) groups is 1. The lowest BCUT2D eigenvalue weighted by Crippen LogP contribution is -2.27. The van der Waals surface area contributed by atoms with Gasteiger partial charge in [0.05, 0.1) is 17.6 Å². The van der Waals surface area contributed by atoms with Gasteiger partial charge in [0.2, 0.25) is 10.0 Å². The van der Waals surface area contributed by atoms with Gasteiger partial charge in [0, 0.05) is 23.6 Å². The number of fused-ring (bicyclic) bond motifs is 1. The molecule has 0 saturated heterocycles. The zero-order chi connectivity index (χ0) is 19.6. The van der Waals surface area contributed by atoms with Crippen LogP contribution < -0.4 is 4.72 Å². The van der Waals surface area contributed by atoms with Crippen LogP contribution in [0.15, 0.2) is 47.5 Å². The van der Waals surface area contributed by atoms with Crippen molar-refractivity contribution in [3.8, 4) is 0 Å². The summed E-state index contributed by atoms with van der Waals surface area (Å²) in [6.45, 7) is 1.69. The summed E-state index contributed by atoms with van der Waals surface area (Å²) in [6.07, 6.45) is 2.12. The van der Waals surface area contributed by atoms with Gasteiger partial charge < -0.3 is 9.72 Å². The first-order valence-corrected chi connectivity index (χ1v) is 9.75. The van der Waals surface area contributed by atoms with Crippen LogP contribution in [0.4, 0.5) is 4.39 Å². The number of ether oxygens (including phenoxy) is 1. The Morgan fingerprint density at radius 2 is 2.04 bits per heavy atom. The van der Waals surface area contributed by atoms with E-state index in [4.69, 9.17) is 0 Å². The molecule has 0 amide bonds. The lowest BCUT2D eigenvalue weighted by atomic mass is 10.1. The van der Waals surface area contributed by atoms with Crippen molar-refractivity contribution in [2.45, 2.75) is 18.2 Å². The second-order valence-electron chi connectivity index (χ2n) is 6.07. The van der Waals surface area contributed by atoms with Crippen molar-refractivity contribution in [2.75, 3.05) is 13.7 Å². The van der Waals surface area contributed by atoms with Crippen molar-refractivity contribution in [1.29, 1.82) is 0 Å². The average molecular weight is 390 g/mol. The number of esters is 1. The summed E-state index contributed by atoms with van der Waals surface area (Å²) in [6, 6.07) is 8.87. The van der Waals surface area contributed by atoms with E-state index in [0.29, 0.717) is 12.0 Å². The van der Waals surface area contributed by atoms with E-state index >= 15 is 0 Å². The molecule has 3 aromatic rings. The van der Waals surface area contributed by atoms with E-state index in [1.54, 1.807) is 19.2 Å². The van der Waals surface area contributed by atoms with Crippen LogP contribution in [0.2, 0.25) is 0 Å². The van der Waals surface area contributed by atoms with Crippen LogP contribution >= 0.6 is 0 Å². The van der Waals surface area contributed by atoms with Gasteiger partial charge in [-0.05, 0) is 54.8 Å². The Hall–Kier alpha value is -2.71. The summed E-state index contributed by atoms with van der Waals surface area (Å²) >= 11 is 0. The molecule has 6 nitrogen and oxygen atoms in total. The van der Waals surface area contributed by atoms with Crippen LogP contribution in [0.25, 0.3) is 10.9 Å². The summed E-state index contributed by atoms with van der Waals surface area (Å²) in [4.78, 5) is 14.8. The molecule has 3 rings (SSSR count). The van der Waals surface area contributed by atoms with Crippen LogP contribution in [-0.2, 0) is 21.2 Å². The molecular weight excluding hydrogens is 371 g/mol. The SMILES string of the molecule is COC(=O)c1cccc(S(=O)(=O)NCCc2c[nH]c3ccc(F)cc23)c1C. The van der Waals surface area contributed by atoms with Gasteiger partial charge in [-0.25, -0.2) is 22.3 Å². The Bertz CT molecular complexity index is 1110. The Labute approximate surface area is 156 Å². The third kappa shape index (κ3) is 3.86. The fourth-order valence-electron chi connectivity index (χ4n) is 2.99. The number of hydrogen-bond donors (Lipinski definition) is 2. The molecule has 0 aliphatic carbocycles. The van der Waals surface area contributed by atoms with Crippen molar-refractivity contribution in [3.63, 3.8) is 0 Å². The van der Waals surface area contributed by atoms with Crippen molar-refractivity contribution in [1.82, 2.24) is 9.71 Å². The number of halogens is 1. The lowest BCUT2D eigenvalue weighted by Gasteiger charge is -2.11. The summed E-state index contributed by atoms with van der Waals surface area (Å²) < 4.78 is 45.9. The number of benzene rings is 2. The van der Waals surface area contributed by atoms with Crippen LogP contribution in [0.1, 0.15) is 21.5 Å². The minimum Gasteiger partial charge on any atom is -0.465 e. The van der Waals surface area contributed by atoms with E-state index in [9.17, 15) is 17.6 Å². The minimum atomic E-state index is -3.81. The molecule has 0 aliphatic rings. The van der Waals surface area contributed by atoms with Gasteiger partial charge in [0.1, 0.15) is 5.82 Å². The lowest BCUT2D eigenvalue weighted by molar-refractivity contribution is 0.0599. The van der Waals surface area contributed by atoms with Crippen molar-refractivity contribution >= 4 is 26.9 Å². The normalized spacial score (nSPS) is 11.7. The van der Waals surface area contributed by atoms with Gasteiger partial charge >= 0.3 is 5.97 Å². The highest BCUT2D eigenvalue weighted by atomic mass is 32.2. The van der Waals surface area contributed by atoms with Crippen LogP contribution in [0, 0.1) is 12.7 Å². The first-order valence-electron chi connectivity index (χ1n) is 8.26. The molecule has 0 unspecified atom stereocenters. The van der Waals surface area contributed by atoms with E-state index in [2.05, 4.69) is 14.4 Å². The maximum absolute atomic E-state index is 13.4. The second kappa shape index (κ2) is 7.50. The van der Waals surface area contributed by atoms with E-state index in [1.165, 1.54) is 37.4 Å². The summed E-state index contributed by atoms with van der Waals surface area (Å²) in [5, 5.41) is 0.720. The number of methoxy groups -OCH3 is 1. The van der Waals surface area contributed by atoms with Gasteiger partial charge in [0.25, 0.3) is 0 Å². The number of rotatable bonds is 6. The van der Waals surface area contributed by atoms with E-state index in [0.717, 1.165) is 16.5 Å². The van der Waals surface area contributed by atoms with Crippen LogP contribution in [0.5, 0.6) is 0 Å². The molecule has 0 bridgehead atoms. The van der Waals surface area contributed by atoms with E-state index < -0.39 is 16.0 Å². The van der Waals surface area contributed by atoms with Gasteiger partial charge in [0.15, 0.2) is 0 Å². The van der Waals surface area contributed by atoms with Crippen LogP contribution in [-0.4, -0.2) is 33.0 Å². The number of nitrogens with one attached hydrogen (secondary N) is 2. The Kier molecular flexibility index (Phi) is 5.29. The zero-order valence-electron chi connectivity index (χ0n) is 14.9. The first kappa shape index (κ1) is 19.1. The van der Waals surface area contributed by atoms with Gasteiger partial charge in [-0.3, -0.25) is 0 Å². The molecule has 142 valence electrons. The fraction of sp³-hybridized carbons (Fsp3) is 0.211.